The molecular formula is C27H36N2O5S. The Morgan fingerprint density at radius 3 is 2.09 bits per heavy atom. The fourth-order valence-electron chi connectivity index (χ4n) is 4.52. The predicted molar refractivity (Wildman–Crippen MR) is 136 cm³/mol. The fourth-order valence-corrected chi connectivity index (χ4v) is 5.87. The third kappa shape index (κ3) is 7.22. The van der Waals surface area contributed by atoms with E-state index in [2.05, 4.69) is 10.0 Å². The van der Waals surface area contributed by atoms with Crippen LogP contribution in [0.2, 0.25) is 0 Å². The summed E-state index contributed by atoms with van der Waals surface area (Å²) < 4.78 is 28.2. The zero-order valence-corrected chi connectivity index (χ0v) is 21.5. The number of nitrogens with one attached hydrogen (secondary N) is 2. The summed E-state index contributed by atoms with van der Waals surface area (Å²) in [6, 6.07) is 16.4. The molecule has 190 valence electrons. The molecule has 35 heavy (non-hydrogen) atoms. The van der Waals surface area contributed by atoms with Crippen molar-refractivity contribution in [1.82, 2.24) is 10.0 Å². The van der Waals surface area contributed by atoms with Gasteiger partial charge in [-0.05, 0) is 29.4 Å². The monoisotopic (exact) mass is 500 g/mol. The van der Waals surface area contributed by atoms with Crippen LogP contribution in [-0.4, -0.2) is 43.4 Å². The quantitative estimate of drug-likeness (QED) is 0.415. The maximum absolute atomic E-state index is 13.3. The van der Waals surface area contributed by atoms with Gasteiger partial charge in [0, 0.05) is 0 Å². The molecule has 2 unspecified atom stereocenters. The molecule has 8 heteroatoms. The van der Waals surface area contributed by atoms with Crippen LogP contribution >= 0.6 is 0 Å². The van der Waals surface area contributed by atoms with Crippen LogP contribution < -0.4 is 10.0 Å². The van der Waals surface area contributed by atoms with Crippen LogP contribution in [0.3, 0.4) is 0 Å². The predicted octanol–water partition coefficient (Wildman–Crippen LogP) is 3.01. The van der Waals surface area contributed by atoms with Crippen molar-refractivity contribution in [3.8, 4) is 0 Å². The lowest BCUT2D eigenvalue weighted by atomic mass is 9.92. The van der Waals surface area contributed by atoms with E-state index in [0.29, 0.717) is 12.0 Å². The lowest BCUT2D eigenvalue weighted by Gasteiger charge is -2.30. The molecule has 1 amide bonds. The van der Waals surface area contributed by atoms with Crippen LogP contribution in [0.5, 0.6) is 0 Å². The molecule has 2 aromatic rings. The van der Waals surface area contributed by atoms with Crippen molar-refractivity contribution in [1.29, 1.82) is 0 Å². The van der Waals surface area contributed by atoms with Gasteiger partial charge >= 0.3 is 0 Å². The van der Waals surface area contributed by atoms with E-state index >= 15 is 0 Å². The molecule has 1 aliphatic rings. The van der Waals surface area contributed by atoms with Crippen molar-refractivity contribution in [3.63, 3.8) is 0 Å². The number of amides is 1. The standard InChI is InChI=1S/C27H36N2O5S/c1-17(2)15-21(29-35(33,34)16-19-11-7-5-8-12-19)27(32)28-24(18(3)4)26(31)23-22(25(23)30)20-13-9-6-10-14-20/h5-14,17-18,21-24,26,29,31H,15-16H2,1-4H3,(H,28,32)/t21-,22?,23?,24-,26+/m0/s1. The van der Waals surface area contributed by atoms with E-state index in [1.165, 1.54) is 0 Å². The van der Waals surface area contributed by atoms with E-state index in [1.807, 2.05) is 64.1 Å². The van der Waals surface area contributed by atoms with Crippen molar-refractivity contribution in [2.75, 3.05) is 0 Å². The van der Waals surface area contributed by atoms with Gasteiger partial charge in [0.1, 0.15) is 11.8 Å². The topological polar surface area (TPSA) is 113 Å². The van der Waals surface area contributed by atoms with Gasteiger partial charge in [0.05, 0.1) is 29.7 Å². The second-order valence-electron chi connectivity index (χ2n) is 10.1. The molecule has 0 heterocycles. The Balaban J connectivity index is 1.72. The first-order valence-corrected chi connectivity index (χ1v) is 13.8. The van der Waals surface area contributed by atoms with E-state index in [0.717, 1.165) is 5.56 Å². The van der Waals surface area contributed by atoms with E-state index in [1.54, 1.807) is 24.3 Å². The Morgan fingerprint density at radius 2 is 1.54 bits per heavy atom. The Bertz CT molecular complexity index is 1100. The SMILES string of the molecule is CC(C)C[C@H](NS(=O)(=O)Cc1ccccc1)C(=O)N[C@@H](C(C)C)[C@H](O)C1C(=O)C1c1ccccc1. The average molecular weight is 501 g/mol. The van der Waals surface area contributed by atoms with Gasteiger partial charge in [0.25, 0.3) is 0 Å². The van der Waals surface area contributed by atoms with E-state index < -0.39 is 40.0 Å². The summed E-state index contributed by atoms with van der Waals surface area (Å²) in [7, 11) is -3.79. The number of hydrogen-bond donors (Lipinski definition) is 3. The molecule has 0 aliphatic heterocycles. The normalized spacial score (nSPS) is 20.5. The number of ketones is 1. The highest BCUT2D eigenvalue weighted by Crippen LogP contribution is 2.46. The minimum Gasteiger partial charge on any atom is -0.390 e. The number of hydrogen-bond acceptors (Lipinski definition) is 5. The minimum absolute atomic E-state index is 0.0501. The van der Waals surface area contributed by atoms with Gasteiger partial charge in [-0.1, -0.05) is 88.4 Å². The Labute approximate surface area is 208 Å². The van der Waals surface area contributed by atoms with Crippen LogP contribution in [0, 0.1) is 17.8 Å². The second kappa shape index (κ2) is 11.5. The van der Waals surface area contributed by atoms with Crippen molar-refractivity contribution in [2.45, 2.75) is 64.0 Å². The van der Waals surface area contributed by atoms with Gasteiger partial charge in [0.15, 0.2) is 0 Å². The molecule has 3 N–H and O–H groups in total. The second-order valence-corrected chi connectivity index (χ2v) is 11.9. The first-order chi connectivity index (χ1) is 16.5. The summed E-state index contributed by atoms with van der Waals surface area (Å²) >= 11 is 0. The van der Waals surface area contributed by atoms with E-state index in [9.17, 15) is 23.1 Å². The van der Waals surface area contributed by atoms with Crippen molar-refractivity contribution >= 4 is 21.7 Å². The van der Waals surface area contributed by atoms with E-state index in [4.69, 9.17) is 0 Å². The van der Waals surface area contributed by atoms with Crippen LogP contribution in [-0.2, 0) is 25.4 Å². The summed E-state index contributed by atoms with van der Waals surface area (Å²) in [5.41, 5.74) is 1.47. The first-order valence-electron chi connectivity index (χ1n) is 12.1. The highest BCUT2D eigenvalue weighted by atomic mass is 32.2. The van der Waals surface area contributed by atoms with Crippen LogP contribution in [0.1, 0.15) is 51.2 Å². The number of carbonyl (C=O) groups excluding carboxylic acids is 2. The van der Waals surface area contributed by atoms with Crippen LogP contribution in [0.4, 0.5) is 0 Å². The minimum atomic E-state index is -3.79. The third-order valence-corrected chi connectivity index (χ3v) is 7.71. The highest BCUT2D eigenvalue weighted by Gasteiger charge is 2.56. The lowest BCUT2D eigenvalue weighted by Crippen LogP contribution is -2.55. The molecule has 0 bridgehead atoms. The number of rotatable bonds is 12. The molecule has 7 nitrogen and oxygen atoms in total. The maximum atomic E-state index is 13.3. The van der Waals surface area contributed by atoms with Crippen molar-refractivity contribution in [3.05, 3.63) is 71.8 Å². The number of carbonyl (C=O) groups is 2. The fraction of sp³-hybridized carbons (Fsp3) is 0.481. The molecular weight excluding hydrogens is 464 g/mol. The van der Waals surface area contributed by atoms with E-state index in [-0.39, 0.29) is 29.3 Å². The summed E-state index contributed by atoms with van der Waals surface area (Å²) in [4.78, 5) is 25.8. The molecule has 1 aliphatic carbocycles. The molecule has 2 aromatic carbocycles. The van der Waals surface area contributed by atoms with Gasteiger partial charge < -0.3 is 10.4 Å². The molecule has 1 saturated carbocycles. The van der Waals surface area contributed by atoms with Gasteiger partial charge in [-0.2, -0.15) is 0 Å². The summed E-state index contributed by atoms with van der Waals surface area (Å²) in [5.74, 6) is -1.88. The third-order valence-electron chi connectivity index (χ3n) is 6.35. The zero-order valence-electron chi connectivity index (χ0n) is 20.7. The van der Waals surface area contributed by atoms with Gasteiger partial charge in [-0.15, -0.1) is 0 Å². The molecule has 3 rings (SSSR count). The lowest BCUT2D eigenvalue weighted by molar-refractivity contribution is -0.125. The smallest absolute Gasteiger partial charge is 0.238 e. The molecule has 0 spiro atoms. The summed E-state index contributed by atoms with van der Waals surface area (Å²) in [6.45, 7) is 7.53. The van der Waals surface area contributed by atoms with Crippen LogP contribution in [0.25, 0.3) is 0 Å². The molecule has 5 atom stereocenters. The van der Waals surface area contributed by atoms with Gasteiger partial charge in [0.2, 0.25) is 15.9 Å². The van der Waals surface area contributed by atoms with Crippen LogP contribution in [0.15, 0.2) is 60.7 Å². The number of aliphatic hydroxyl groups excluding tert-OH is 1. The van der Waals surface area contributed by atoms with Crippen molar-refractivity contribution < 1.29 is 23.1 Å². The van der Waals surface area contributed by atoms with Crippen molar-refractivity contribution in [2.24, 2.45) is 17.8 Å². The molecule has 0 saturated heterocycles. The van der Waals surface area contributed by atoms with Gasteiger partial charge in [-0.25, -0.2) is 13.1 Å². The number of Topliss-reactive ketones (excluding diaryl/α,β-unsaturated/α-hetero) is 1. The average Bonchev–Trinajstić information content (AvgIpc) is 3.47. The number of aliphatic hydroxyl groups is 1. The Hall–Kier alpha value is -2.55. The molecule has 0 radical (unpaired) electrons. The zero-order chi connectivity index (χ0) is 25.8. The highest BCUT2D eigenvalue weighted by molar-refractivity contribution is 7.88. The Morgan fingerprint density at radius 1 is 0.971 bits per heavy atom. The molecule has 0 aromatic heterocycles. The first kappa shape index (κ1) is 27.0. The van der Waals surface area contributed by atoms with Gasteiger partial charge in [-0.3, -0.25) is 9.59 Å². The number of benzene rings is 2. The number of sulfonamides is 1. The maximum Gasteiger partial charge on any atom is 0.238 e. The Kier molecular flexibility index (Phi) is 8.85. The summed E-state index contributed by atoms with van der Waals surface area (Å²) in [5, 5.41) is 13.9. The largest absolute Gasteiger partial charge is 0.390 e. The summed E-state index contributed by atoms with van der Waals surface area (Å²) in [6.07, 6.45) is -0.771. The molecule has 1 fully saturated rings.